The Kier molecular flexibility index (Phi) is 6.37. The minimum atomic E-state index is -0.877. The first-order valence-corrected chi connectivity index (χ1v) is 10.8. The maximum absolute atomic E-state index is 12.7. The summed E-state index contributed by atoms with van der Waals surface area (Å²) in [5.41, 5.74) is 0.216. The summed E-state index contributed by atoms with van der Waals surface area (Å²) in [4.78, 5) is 38.8. The van der Waals surface area contributed by atoms with Gasteiger partial charge in [-0.15, -0.1) is 0 Å². The number of carbonyl (C=O) groups excluding carboxylic acids is 3. The molecule has 0 spiro atoms. The molecule has 1 aromatic carbocycles. The molecule has 164 valence electrons. The summed E-state index contributed by atoms with van der Waals surface area (Å²) >= 11 is 0. The van der Waals surface area contributed by atoms with Gasteiger partial charge in [0.15, 0.2) is 0 Å². The van der Waals surface area contributed by atoms with Crippen LogP contribution >= 0.6 is 0 Å². The predicted octanol–water partition coefficient (Wildman–Crippen LogP) is 4.23. The molecule has 1 aliphatic carbocycles. The number of amides is 2. The third-order valence-electron chi connectivity index (χ3n) is 6.27. The first-order chi connectivity index (χ1) is 14.0. The number of fused-ring (bicyclic) bond motifs is 1. The van der Waals surface area contributed by atoms with Crippen molar-refractivity contribution in [1.29, 1.82) is 0 Å². The molecule has 2 aliphatic rings. The molecule has 0 unspecified atom stereocenters. The zero-order valence-corrected chi connectivity index (χ0v) is 18.7. The fourth-order valence-corrected chi connectivity index (χ4v) is 4.45. The molecule has 0 bridgehead atoms. The number of carbonyl (C=O) groups is 3. The predicted molar refractivity (Wildman–Crippen MR) is 113 cm³/mol. The molecule has 1 heterocycles. The number of ether oxygens (including phenoxy) is 2. The van der Waals surface area contributed by atoms with E-state index in [1.54, 1.807) is 38.1 Å². The molecule has 1 aromatic rings. The molecule has 6 heteroatoms. The first kappa shape index (κ1) is 22.5. The number of rotatable bonds is 6. The second-order valence-electron chi connectivity index (χ2n) is 10.1. The number of hydrogen-bond donors (Lipinski definition) is 0. The standard InChI is InChI=1S/C24H33NO5/c1-23(2,3)16-10-12-17(13-11-16)30-20(26)14-29-15-24(4,5)25-21(27)18-8-6-7-9-19(18)22(25)28/h6-9,16-17H,10-15H2,1-5H3. The van der Waals surface area contributed by atoms with E-state index in [2.05, 4.69) is 20.8 Å². The van der Waals surface area contributed by atoms with Crippen LogP contribution in [0.3, 0.4) is 0 Å². The van der Waals surface area contributed by atoms with Gasteiger partial charge in [-0.2, -0.15) is 0 Å². The van der Waals surface area contributed by atoms with Gasteiger partial charge in [0, 0.05) is 0 Å². The van der Waals surface area contributed by atoms with Crippen molar-refractivity contribution in [3.63, 3.8) is 0 Å². The average Bonchev–Trinajstić information content (AvgIpc) is 2.93. The van der Waals surface area contributed by atoms with Crippen molar-refractivity contribution >= 4 is 17.8 Å². The summed E-state index contributed by atoms with van der Waals surface area (Å²) in [5, 5.41) is 0. The van der Waals surface area contributed by atoms with Crippen molar-refractivity contribution in [1.82, 2.24) is 4.90 Å². The highest BCUT2D eigenvalue weighted by Crippen LogP contribution is 2.38. The van der Waals surface area contributed by atoms with E-state index in [9.17, 15) is 14.4 Å². The van der Waals surface area contributed by atoms with Gasteiger partial charge in [-0.05, 0) is 63.0 Å². The number of nitrogens with zero attached hydrogens (tertiary/aromatic N) is 1. The molecule has 30 heavy (non-hydrogen) atoms. The summed E-state index contributed by atoms with van der Waals surface area (Å²) in [6.45, 7) is 10.2. The maximum atomic E-state index is 12.7. The Morgan fingerprint density at radius 1 is 0.967 bits per heavy atom. The van der Waals surface area contributed by atoms with E-state index in [0.29, 0.717) is 17.0 Å². The van der Waals surface area contributed by atoms with Gasteiger partial charge in [0.1, 0.15) is 12.7 Å². The van der Waals surface area contributed by atoms with E-state index >= 15 is 0 Å². The minimum absolute atomic E-state index is 0.0519. The van der Waals surface area contributed by atoms with E-state index in [0.717, 1.165) is 25.7 Å². The van der Waals surface area contributed by atoms with Crippen LogP contribution in [-0.4, -0.2) is 47.5 Å². The Morgan fingerprint density at radius 2 is 1.50 bits per heavy atom. The van der Waals surface area contributed by atoms with Crippen LogP contribution in [-0.2, 0) is 14.3 Å². The second kappa shape index (κ2) is 8.50. The van der Waals surface area contributed by atoms with E-state index in [-0.39, 0.29) is 36.5 Å². The lowest BCUT2D eigenvalue weighted by Crippen LogP contribution is -2.50. The molecular formula is C24H33NO5. The molecule has 2 amide bonds. The van der Waals surface area contributed by atoms with Crippen molar-refractivity contribution in [2.24, 2.45) is 11.3 Å². The van der Waals surface area contributed by atoms with Gasteiger partial charge in [-0.25, -0.2) is 4.79 Å². The Balaban J connectivity index is 1.46. The topological polar surface area (TPSA) is 72.9 Å². The van der Waals surface area contributed by atoms with Gasteiger partial charge in [0.05, 0.1) is 23.3 Å². The van der Waals surface area contributed by atoms with Crippen LogP contribution in [0.1, 0.15) is 81.0 Å². The van der Waals surface area contributed by atoms with Crippen LogP contribution in [0.2, 0.25) is 0 Å². The third kappa shape index (κ3) is 4.75. The fraction of sp³-hybridized carbons (Fsp3) is 0.625. The average molecular weight is 416 g/mol. The number of esters is 1. The van der Waals surface area contributed by atoms with Crippen molar-refractivity contribution in [3.8, 4) is 0 Å². The normalized spacial score (nSPS) is 22.2. The lowest BCUT2D eigenvalue weighted by Gasteiger charge is -2.36. The van der Waals surface area contributed by atoms with Crippen LogP contribution in [0.4, 0.5) is 0 Å². The monoisotopic (exact) mass is 415 g/mol. The lowest BCUT2D eigenvalue weighted by atomic mass is 9.72. The van der Waals surface area contributed by atoms with Gasteiger partial charge in [-0.1, -0.05) is 32.9 Å². The Hall–Kier alpha value is -2.21. The maximum Gasteiger partial charge on any atom is 0.332 e. The quantitative estimate of drug-likeness (QED) is 0.514. The number of hydrogen-bond acceptors (Lipinski definition) is 5. The molecule has 0 radical (unpaired) electrons. The van der Waals surface area contributed by atoms with Crippen LogP contribution in [0.25, 0.3) is 0 Å². The Morgan fingerprint density at radius 3 is 2.00 bits per heavy atom. The molecule has 0 N–H and O–H groups in total. The van der Waals surface area contributed by atoms with E-state index < -0.39 is 11.5 Å². The van der Waals surface area contributed by atoms with Gasteiger partial charge in [0.2, 0.25) is 0 Å². The summed E-state index contributed by atoms with van der Waals surface area (Å²) < 4.78 is 11.1. The first-order valence-electron chi connectivity index (χ1n) is 10.8. The largest absolute Gasteiger partial charge is 0.461 e. The third-order valence-corrected chi connectivity index (χ3v) is 6.27. The van der Waals surface area contributed by atoms with Gasteiger partial charge >= 0.3 is 5.97 Å². The van der Waals surface area contributed by atoms with Crippen molar-refractivity contribution in [3.05, 3.63) is 35.4 Å². The zero-order chi connectivity index (χ0) is 22.1. The molecule has 3 rings (SSSR count). The highest BCUT2D eigenvalue weighted by Gasteiger charge is 2.44. The van der Waals surface area contributed by atoms with Crippen molar-refractivity contribution in [2.45, 2.75) is 71.9 Å². The Bertz CT molecular complexity index is 780. The highest BCUT2D eigenvalue weighted by molar-refractivity contribution is 6.21. The molecule has 0 saturated heterocycles. The minimum Gasteiger partial charge on any atom is -0.461 e. The lowest BCUT2D eigenvalue weighted by molar-refractivity contribution is -0.157. The zero-order valence-electron chi connectivity index (χ0n) is 18.7. The molecule has 1 aliphatic heterocycles. The summed E-state index contributed by atoms with van der Waals surface area (Å²) in [7, 11) is 0. The van der Waals surface area contributed by atoms with Crippen LogP contribution in [0.15, 0.2) is 24.3 Å². The SMILES string of the molecule is CC(C)(C)C1CCC(OC(=O)COCC(C)(C)N2C(=O)c3ccccc3C2=O)CC1. The molecule has 1 saturated carbocycles. The van der Waals surface area contributed by atoms with Crippen LogP contribution in [0.5, 0.6) is 0 Å². The van der Waals surface area contributed by atoms with Crippen molar-refractivity contribution in [2.75, 3.05) is 13.2 Å². The molecule has 0 atom stereocenters. The fourth-order valence-electron chi connectivity index (χ4n) is 4.45. The summed E-state index contributed by atoms with van der Waals surface area (Å²) in [6, 6.07) is 6.78. The molecule has 6 nitrogen and oxygen atoms in total. The molecular weight excluding hydrogens is 382 g/mol. The second-order valence-corrected chi connectivity index (χ2v) is 10.1. The van der Waals surface area contributed by atoms with E-state index in [1.807, 2.05) is 0 Å². The highest BCUT2D eigenvalue weighted by atomic mass is 16.6. The van der Waals surface area contributed by atoms with Crippen molar-refractivity contribution < 1.29 is 23.9 Å². The van der Waals surface area contributed by atoms with Crippen LogP contribution in [0, 0.1) is 11.3 Å². The van der Waals surface area contributed by atoms with Crippen LogP contribution < -0.4 is 0 Å². The van der Waals surface area contributed by atoms with E-state index in [4.69, 9.17) is 9.47 Å². The number of benzene rings is 1. The van der Waals surface area contributed by atoms with E-state index in [1.165, 1.54) is 4.90 Å². The molecule has 1 fully saturated rings. The Labute approximate surface area is 178 Å². The number of imide groups is 1. The van der Waals surface area contributed by atoms with Gasteiger partial charge in [0.25, 0.3) is 11.8 Å². The van der Waals surface area contributed by atoms with Gasteiger partial charge < -0.3 is 9.47 Å². The molecule has 0 aromatic heterocycles. The summed E-state index contributed by atoms with van der Waals surface area (Å²) in [6.07, 6.45) is 3.84. The van der Waals surface area contributed by atoms with Gasteiger partial charge in [-0.3, -0.25) is 14.5 Å². The summed E-state index contributed by atoms with van der Waals surface area (Å²) in [5.74, 6) is -0.402. The smallest absolute Gasteiger partial charge is 0.332 e.